The highest BCUT2D eigenvalue weighted by Gasteiger charge is 2.45. The fourth-order valence-corrected chi connectivity index (χ4v) is 4.96. The summed E-state index contributed by atoms with van der Waals surface area (Å²) in [7, 11) is 0. The third-order valence-corrected chi connectivity index (χ3v) is 6.53. The number of carbonyl (C=O) groups excluding carboxylic acids is 5. The number of thioether (sulfide) groups is 1. The molecule has 0 aromatic heterocycles. The maximum Gasteiger partial charge on any atom is 0.263 e. The van der Waals surface area contributed by atoms with Crippen LogP contribution in [-0.4, -0.2) is 64.2 Å². The lowest BCUT2D eigenvalue weighted by atomic mass is 10.0. The number of nitrogens with one attached hydrogen (secondary N) is 1. The Morgan fingerprint density at radius 2 is 1.83 bits per heavy atom. The Balaban J connectivity index is 1.52. The van der Waals surface area contributed by atoms with Gasteiger partial charge in [0, 0.05) is 24.4 Å². The van der Waals surface area contributed by atoms with Crippen LogP contribution in [0, 0.1) is 0 Å². The van der Waals surface area contributed by atoms with E-state index in [-0.39, 0.29) is 35.6 Å². The van der Waals surface area contributed by atoms with Crippen molar-refractivity contribution in [3.05, 3.63) is 29.3 Å². The van der Waals surface area contributed by atoms with E-state index in [2.05, 4.69) is 5.32 Å². The molecule has 1 aromatic rings. The molecular weight excluding hydrogens is 394 g/mol. The van der Waals surface area contributed by atoms with Gasteiger partial charge in [0.25, 0.3) is 11.8 Å². The Morgan fingerprint density at radius 3 is 2.55 bits per heavy atom. The van der Waals surface area contributed by atoms with Gasteiger partial charge in [0.1, 0.15) is 6.04 Å². The van der Waals surface area contributed by atoms with Crippen molar-refractivity contribution in [2.45, 2.75) is 43.0 Å². The highest BCUT2D eigenvalue weighted by atomic mass is 32.2. The van der Waals surface area contributed by atoms with Gasteiger partial charge in [-0.05, 0) is 37.8 Å². The largest absolute Gasteiger partial charge is 0.342 e. The molecule has 1 atom stereocenters. The van der Waals surface area contributed by atoms with E-state index >= 15 is 0 Å². The van der Waals surface area contributed by atoms with Crippen molar-refractivity contribution in [2.24, 2.45) is 0 Å². The van der Waals surface area contributed by atoms with E-state index in [1.54, 1.807) is 18.2 Å². The second-order valence-electron chi connectivity index (χ2n) is 7.36. The van der Waals surface area contributed by atoms with Gasteiger partial charge in [0.2, 0.25) is 17.7 Å². The Kier molecular flexibility index (Phi) is 5.40. The van der Waals surface area contributed by atoms with Gasteiger partial charge in [-0.2, -0.15) is 0 Å². The molecule has 1 N–H and O–H groups in total. The molecule has 1 aromatic carbocycles. The summed E-state index contributed by atoms with van der Waals surface area (Å²) in [5.41, 5.74) is 0.466. The summed E-state index contributed by atoms with van der Waals surface area (Å²) < 4.78 is 0. The van der Waals surface area contributed by atoms with Crippen molar-refractivity contribution in [3.8, 4) is 0 Å². The lowest BCUT2D eigenvalue weighted by Gasteiger charge is -2.28. The SMILES string of the molecule is O=C1CCC(N2C(=O)c3cccc(SCC(=O)N4CCCCC4)c3C2=O)C(=O)N1. The topological polar surface area (TPSA) is 104 Å². The van der Waals surface area contributed by atoms with Crippen LogP contribution in [0.5, 0.6) is 0 Å². The van der Waals surface area contributed by atoms with E-state index in [0.717, 1.165) is 37.3 Å². The minimum absolute atomic E-state index is 0.0195. The fourth-order valence-electron chi connectivity index (χ4n) is 3.98. The Hall–Kier alpha value is -2.68. The van der Waals surface area contributed by atoms with Gasteiger partial charge in [-0.25, -0.2) is 0 Å². The van der Waals surface area contributed by atoms with Crippen LogP contribution in [0.4, 0.5) is 0 Å². The Bertz CT molecular complexity index is 909. The monoisotopic (exact) mass is 415 g/mol. The second-order valence-corrected chi connectivity index (χ2v) is 8.37. The average molecular weight is 415 g/mol. The number of amides is 5. The molecule has 9 heteroatoms. The van der Waals surface area contributed by atoms with Gasteiger partial charge < -0.3 is 4.90 Å². The maximum atomic E-state index is 13.0. The molecule has 0 spiro atoms. The van der Waals surface area contributed by atoms with Crippen LogP contribution >= 0.6 is 11.8 Å². The molecule has 1 unspecified atom stereocenters. The summed E-state index contributed by atoms with van der Waals surface area (Å²) in [5, 5.41) is 2.19. The number of imide groups is 2. The van der Waals surface area contributed by atoms with E-state index in [1.807, 2.05) is 4.90 Å². The number of hydrogen-bond donors (Lipinski definition) is 1. The molecule has 5 amide bonds. The molecule has 3 aliphatic rings. The molecule has 8 nitrogen and oxygen atoms in total. The lowest BCUT2D eigenvalue weighted by molar-refractivity contribution is -0.136. The number of fused-ring (bicyclic) bond motifs is 1. The van der Waals surface area contributed by atoms with Gasteiger partial charge >= 0.3 is 0 Å². The van der Waals surface area contributed by atoms with E-state index in [1.165, 1.54) is 11.8 Å². The minimum atomic E-state index is -0.993. The van der Waals surface area contributed by atoms with Gasteiger partial charge in [0.05, 0.1) is 16.9 Å². The van der Waals surface area contributed by atoms with Crippen molar-refractivity contribution >= 4 is 41.3 Å². The summed E-state index contributed by atoms with van der Waals surface area (Å²) in [6.45, 7) is 1.51. The molecule has 152 valence electrons. The minimum Gasteiger partial charge on any atom is -0.342 e. The fraction of sp³-hybridized carbons (Fsp3) is 0.450. The molecule has 2 fully saturated rings. The van der Waals surface area contributed by atoms with Crippen molar-refractivity contribution in [1.29, 1.82) is 0 Å². The zero-order chi connectivity index (χ0) is 20.5. The van der Waals surface area contributed by atoms with Gasteiger partial charge in [0.15, 0.2) is 0 Å². The number of rotatable bonds is 4. The Morgan fingerprint density at radius 1 is 1.07 bits per heavy atom. The van der Waals surface area contributed by atoms with Crippen LogP contribution in [0.2, 0.25) is 0 Å². The zero-order valence-corrected chi connectivity index (χ0v) is 16.6. The van der Waals surface area contributed by atoms with Crippen LogP contribution < -0.4 is 5.32 Å². The number of nitrogens with zero attached hydrogens (tertiary/aromatic N) is 2. The molecule has 29 heavy (non-hydrogen) atoms. The first-order chi connectivity index (χ1) is 14.0. The first-order valence-corrected chi connectivity index (χ1v) is 10.7. The molecule has 0 aliphatic carbocycles. The van der Waals surface area contributed by atoms with E-state index in [9.17, 15) is 24.0 Å². The summed E-state index contributed by atoms with van der Waals surface area (Å²) in [4.78, 5) is 65.2. The summed E-state index contributed by atoms with van der Waals surface area (Å²) in [5.74, 6) is -1.92. The van der Waals surface area contributed by atoms with Crippen molar-refractivity contribution in [3.63, 3.8) is 0 Å². The number of likely N-dealkylation sites (tertiary alicyclic amines) is 1. The summed E-state index contributed by atoms with van der Waals surface area (Å²) >= 11 is 1.24. The van der Waals surface area contributed by atoms with Crippen LogP contribution in [-0.2, 0) is 14.4 Å². The van der Waals surface area contributed by atoms with Crippen molar-refractivity contribution in [1.82, 2.24) is 15.1 Å². The molecular formula is C20H21N3O5S. The standard InChI is InChI=1S/C20H21N3O5S/c24-15-8-7-13(18(26)21-15)23-19(27)12-5-4-6-14(17(12)20(23)28)29-11-16(25)22-9-2-1-3-10-22/h4-6,13H,1-3,7-11H2,(H,21,24,26). The number of carbonyl (C=O) groups is 5. The van der Waals surface area contributed by atoms with Crippen LogP contribution in [0.1, 0.15) is 52.8 Å². The summed E-state index contributed by atoms with van der Waals surface area (Å²) in [6.07, 6.45) is 3.34. The smallest absolute Gasteiger partial charge is 0.263 e. The third kappa shape index (κ3) is 3.66. The zero-order valence-electron chi connectivity index (χ0n) is 15.8. The average Bonchev–Trinajstić information content (AvgIpc) is 2.98. The van der Waals surface area contributed by atoms with E-state index in [4.69, 9.17) is 0 Å². The molecule has 4 rings (SSSR count). The molecule has 0 radical (unpaired) electrons. The van der Waals surface area contributed by atoms with E-state index in [0.29, 0.717) is 4.90 Å². The molecule has 3 aliphatic heterocycles. The molecule has 0 saturated carbocycles. The van der Waals surface area contributed by atoms with Gasteiger partial charge in [-0.1, -0.05) is 6.07 Å². The van der Waals surface area contributed by atoms with E-state index < -0.39 is 29.7 Å². The first kappa shape index (κ1) is 19.6. The maximum absolute atomic E-state index is 13.0. The van der Waals surface area contributed by atoms with Crippen LogP contribution in [0.15, 0.2) is 23.1 Å². The first-order valence-electron chi connectivity index (χ1n) is 9.72. The number of hydrogen-bond acceptors (Lipinski definition) is 6. The normalized spacial score (nSPS) is 22.0. The second kappa shape index (κ2) is 7.98. The highest BCUT2D eigenvalue weighted by Crippen LogP contribution is 2.34. The van der Waals surface area contributed by atoms with Gasteiger partial charge in [-0.3, -0.25) is 34.2 Å². The van der Waals surface area contributed by atoms with Crippen molar-refractivity contribution in [2.75, 3.05) is 18.8 Å². The number of piperidine rings is 2. The van der Waals surface area contributed by atoms with Crippen LogP contribution in [0.3, 0.4) is 0 Å². The van der Waals surface area contributed by atoms with Gasteiger partial charge in [-0.15, -0.1) is 11.8 Å². The molecule has 3 heterocycles. The van der Waals surface area contributed by atoms with Crippen LogP contribution in [0.25, 0.3) is 0 Å². The predicted octanol–water partition coefficient (Wildman–Crippen LogP) is 1.19. The third-order valence-electron chi connectivity index (χ3n) is 5.49. The predicted molar refractivity (Wildman–Crippen MR) is 104 cm³/mol. The van der Waals surface area contributed by atoms with Crippen molar-refractivity contribution < 1.29 is 24.0 Å². The molecule has 2 saturated heterocycles. The molecule has 0 bridgehead atoms. The quantitative estimate of drug-likeness (QED) is 0.585. The lowest BCUT2D eigenvalue weighted by Crippen LogP contribution is -2.54. The number of benzene rings is 1. The highest BCUT2D eigenvalue weighted by molar-refractivity contribution is 8.00. The Labute approximate surface area is 172 Å². The summed E-state index contributed by atoms with van der Waals surface area (Å²) in [6, 6.07) is 3.95.